The Balaban J connectivity index is 1.89. The van der Waals surface area contributed by atoms with Crippen molar-refractivity contribution < 1.29 is 9.90 Å². The zero-order valence-electron chi connectivity index (χ0n) is 13.3. The molecule has 0 fully saturated rings. The summed E-state index contributed by atoms with van der Waals surface area (Å²) < 4.78 is -0.136. The first-order chi connectivity index (χ1) is 11.3. The van der Waals surface area contributed by atoms with Crippen LogP contribution in [0.1, 0.15) is 40.4 Å². The summed E-state index contributed by atoms with van der Waals surface area (Å²) in [5.41, 5.74) is 4.45. The van der Waals surface area contributed by atoms with Crippen LogP contribution in [0.15, 0.2) is 41.8 Å². The van der Waals surface area contributed by atoms with Crippen molar-refractivity contribution in [3.63, 3.8) is 0 Å². The number of thioether (sulfide) groups is 1. The Hall–Kier alpha value is -1.42. The molecular weight excluding hydrogens is 363 g/mol. The van der Waals surface area contributed by atoms with Gasteiger partial charge >= 0.3 is 5.97 Å². The maximum absolute atomic E-state index is 11.2. The van der Waals surface area contributed by atoms with Gasteiger partial charge in [-0.05, 0) is 72.2 Å². The molecular formula is C19H16Cl2O2S. The molecule has 0 aliphatic carbocycles. The predicted octanol–water partition coefficient (Wildman–Crippen LogP) is 6.39. The fourth-order valence-electron chi connectivity index (χ4n) is 2.95. The summed E-state index contributed by atoms with van der Waals surface area (Å²) in [4.78, 5) is 11.2. The summed E-state index contributed by atoms with van der Waals surface area (Å²) in [5, 5.41) is 12.6. The topological polar surface area (TPSA) is 37.3 Å². The van der Waals surface area contributed by atoms with Gasteiger partial charge in [-0.2, -0.15) is 0 Å². The molecule has 0 amide bonds. The van der Waals surface area contributed by atoms with Crippen LogP contribution in [-0.4, -0.2) is 11.1 Å². The molecule has 1 N–H and O–H groups in total. The molecule has 2 aromatic carbocycles. The van der Waals surface area contributed by atoms with E-state index in [1.807, 2.05) is 31.2 Å². The number of carboxylic acids is 1. The van der Waals surface area contributed by atoms with E-state index in [-0.39, 0.29) is 4.75 Å². The Labute approximate surface area is 155 Å². The molecule has 1 heterocycles. The number of carboxylic acid groups (broad SMARTS) is 1. The number of benzene rings is 2. The van der Waals surface area contributed by atoms with Crippen LogP contribution in [0.3, 0.4) is 0 Å². The van der Waals surface area contributed by atoms with Crippen LogP contribution >= 0.6 is 35.0 Å². The number of hydrogen-bond acceptors (Lipinski definition) is 2. The van der Waals surface area contributed by atoms with Crippen LogP contribution in [-0.2, 0) is 4.75 Å². The zero-order valence-corrected chi connectivity index (χ0v) is 15.6. The summed E-state index contributed by atoms with van der Waals surface area (Å²) in [5.74, 6) is -0.896. The van der Waals surface area contributed by atoms with Gasteiger partial charge in [0, 0.05) is 14.8 Å². The number of aromatic carboxylic acids is 1. The van der Waals surface area contributed by atoms with E-state index < -0.39 is 5.97 Å². The molecule has 1 atom stereocenters. The van der Waals surface area contributed by atoms with Crippen LogP contribution < -0.4 is 0 Å². The highest BCUT2D eigenvalue weighted by Gasteiger charge is 2.33. The minimum atomic E-state index is -0.896. The van der Waals surface area contributed by atoms with Crippen LogP contribution in [0, 0.1) is 6.92 Å². The molecule has 0 aromatic heterocycles. The predicted molar refractivity (Wildman–Crippen MR) is 102 cm³/mol. The lowest BCUT2D eigenvalue weighted by atomic mass is 9.89. The Bertz CT molecular complexity index is 840. The standard InChI is InChI=1S/C19H16Cl2O2S/c1-11-5-12(3-4-17(11)18(22)23)13-9-19(2,24-10-13)14-6-15(20)8-16(21)7-14/h3-8,10H,9H2,1-2H3,(H,22,23). The van der Waals surface area contributed by atoms with Gasteiger partial charge in [-0.25, -0.2) is 4.79 Å². The summed E-state index contributed by atoms with van der Waals surface area (Å²) in [6.45, 7) is 3.99. The Kier molecular flexibility index (Phi) is 4.69. The normalized spacial score (nSPS) is 20.1. The van der Waals surface area contributed by atoms with Gasteiger partial charge in [0.15, 0.2) is 0 Å². The molecule has 24 heavy (non-hydrogen) atoms. The Morgan fingerprint density at radius 2 is 1.83 bits per heavy atom. The largest absolute Gasteiger partial charge is 0.478 e. The molecule has 2 aromatic rings. The van der Waals surface area contributed by atoms with Gasteiger partial charge in [-0.3, -0.25) is 0 Å². The molecule has 0 saturated heterocycles. The second kappa shape index (κ2) is 6.47. The van der Waals surface area contributed by atoms with Crippen molar-refractivity contribution in [2.24, 2.45) is 0 Å². The van der Waals surface area contributed by atoms with E-state index in [0.717, 1.165) is 23.1 Å². The smallest absolute Gasteiger partial charge is 0.335 e. The highest BCUT2D eigenvalue weighted by molar-refractivity contribution is 8.03. The molecule has 5 heteroatoms. The summed E-state index contributed by atoms with van der Waals surface area (Å²) in [6, 6.07) is 11.1. The molecule has 124 valence electrons. The van der Waals surface area contributed by atoms with E-state index in [0.29, 0.717) is 15.6 Å². The SMILES string of the molecule is Cc1cc(C2=CSC(C)(c3cc(Cl)cc(Cl)c3)C2)ccc1C(=O)O. The average molecular weight is 379 g/mol. The van der Waals surface area contributed by atoms with Gasteiger partial charge in [-0.1, -0.05) is 35.3 Å². The van der Waals surface area contributed by atoms with Gasteiger partial charge < -0.3 is 5.11 Å². The fourth-order valence-corrected chi connectivity index (χ4v) is 4.59. The van der Waals surface area contributed by atoms with Crippen molar-refractivity contribution in [1.29, 1.82) is 0 Å². The minimum absolute atomic E-state index is 0.136. The van der Waals surface area contributed by atoms with E-state index in [1.54, 1.807) is 23.9 Å². The molecule has 0 bridgehead atoms. The van der Waals surface area contributed by atoms with Gasteiger partial charge in [0.25, 0.3) is 0 Å². The Morgan fingerprint density at radius 1 is 1.17 bits per heavy atom. The molecule has 3 rings (SSSR count). The molecule has 1 aliphatic rings. The van der Waals surface area contributed by atoms with Crippen molar-refractivity contribution in [2.45, 2.75) is 25.0 Å². The van der Waals surface area contributed by atoms with Crippen LogP contribution in [0.25, 0.3) is 5.57 Å². The van der Waals surface area contributed by atoms with Crippen molar-refractivity contribution in [2.75, 3.05) is 0 Å². The van der Waals surface area contributed by atoms with Gasteiger partial charge in [0.1, 0.15) is 0 Å². The lowest BCUT2D eigenvalue weighted by molar-refractivity contribution is 0.0696. The molecule has 0 spiro atoms. The van der Waals surface area contributed by atoms with E-state index >= 15 is 0 Å². The Morgan fingerprint density at radius 3 is 2.42 bits per heavy atom. The lowest BCUT2D eigenvalue weighted by Crippen LogP contribution is -2.14. The molecule has 0 radical (unpaired) electrons. The zero-order chi connectivity index (χ0) is 17.5. The monoisotopic (exact) mass is 378 g/mol. The van der Waals surface area contributed by atoms with E-state index in [9.17, 15) is 4.79 Å². The number of aryl methyl sites for hydroxylation is 1. The van der Waals surface area contributed by atoms with Gasteiger partial charge in [-0.15, -0.1) is 11.8 Å². The number of carbonyl (C=O) groups is 1. The third-order valence-electron chi connectivity index (χ3n) is 4.29. The second-order valence-corrected chi connectivity index (χ2v) is 8.41. The number of hydrogen-bond donors (Lipinski definition) is 1. The molecule has 2 nitrogen and oxygen atoms in total. The van der Waals surface area contributed by atoms with Gasteiger partial charge in [0.2, 0.25) is 0 Å². The lowest BCUT2D eigenvalue weighted by Gasteiger charge is -2.24. The highest BCUT2D eigenvalue weighted by Crippen LogP contribution is 2.51. The quantitative estimate of drug-likeness (QED) is 0.671. The summed E-state index contributed by atoms with van der Waals surface area (Å²) in [7, 11) is 0. The van der Waals surface area contributed by atoms with Gasteiger partial charge in [0.05, 0.1) is 5.56 Å². The fraction of sp³-hybridized carbons (Fsp3) is 0.211. The second-order valence-electron chi connectivity index (χ2n) is 6.16. The first-order valence-corrected chi connectivity index (χ1v) is 9.10. The first-order valence-electron chi connectivity index (χ1n) is 7.46. The third kappa shape index (κ3) is 3.34. The van der Waals surface area contributed by atoms with Crippen molar-refractivity contribution >= 4 is 46.5 Å². The summed E-state index contributed by atoms with van der Waals surface area (Å²) in [6.07, 6.45) is 0.834. The maximum Gasteiger partial charge on any atom is 0.335 e. The van der Waals surface area contributed by atoms with Crippen molar-refractivity contribution in [1.82, 2.24) is 0 Å². The van der Waals surface area contributed by atoms with Crippen molar-refractivity contribution in [3.8, 4) is 0 Å². The molecule has 1 unspecified atom stereocenters. The maximum atomic E-state index is 11.2. The third-order valence-corrected chi connectivity index (χ3v) is 6.03. The highest BCUT2D eigenvalue weighted by atomic mass is 35.5. The number of rotatable bonds is 3. The first kappa shape index (κ1) is 17.4. The van der Waals surface area contributed by atoms with Crippen LogP contribution in [0.4, 0.5) is 0 Å². The van der Waals surface area contributed by atoms with E-state index in [4.69, 9.17) is 28.3 Å². The van der Waals surface area contributed by atoms with Crippen molar-refractivity contribution in [3.05, 3.63) is 74.1 Å². The number of allylic oxidation sites excluding steroid dienone is 1. The van der Waals surface area contributed by atoms with Crippen LogP contribution in [0.5, 0.6) is 0 Å². The molecule has 0 saturated carbocycles. The molecule has 1 aliphatic heterocycles. The average Bonchev–Trinajstić information content (AvgIpc) is 2.90. The van der Waals surface area contributed by atoms with E-state index in [1.165, 1.54) is 5.57 Å². The minimum Gasteiger partial charge on any atom is -0.478 e. The van der Waals surface area contributed by atoms with E-state index in [2.05, 4.69) is 12.3 Å². The van der Waals surface area contributed by atoms with Crippen LogP contribution in [0.2, 0.25) is 10.0 Å². The summed E-state index contributed by atoms with van der Waals surface area (Å²) >= 11 is 14.0. The number of halogens is 2.